The van der Waals surface area contributed by atoms with Crippen LogP contribution in [-0.4, -0.2) is 5.78 Å². The van der Waals surface area contributed by atoms with Crippen LogP contribution in [0.5, 0.6) is 0 Å². The Morgan fingerprint density at radius 1 is 0.232 bits per heavy atom. The molecule has 0 spiro atoms. The third-order valence-electron chi connectivity index (χ3n) is 17.9. The van der Waals surface area contributed by atoms with Crippen LogP contribution in [0, 0.1) is 0 Å². The summed E-state index contributed by atoms with van der Waals surface area (Å²) in [5.74, 6) is 0.0561. The molecule has 82 heavy (non-hydrogen) atoms. The molecule has 390 valence electrons. The van der Waals surface area contributed by atoms with Crippen molar-refractivity contribution in [3.8, 4) is 77.9 Å². The summed E-state index contributed by atoms with van der Waals surface area (Å²) in [6.45, 7) is 9.36. The van der Waals surface area contributed by atoms with E-state index in [1.54, 1.807) is 0 Å². The largest absolute Gasteiger partial charge is 0.310 e. The minimum Gasteiger partial charge on any atom is -0.310 e. The number of benzene rings is 12. The van der Waals surface area contributed by atoms with Gasteiger partial charge < -0.3 is 9.80 Å². The molecule has 0 heterocycles. The molecule has 0 fully saturated rings. The van der Waals surface area contributed by atoms with Gasteiger partial charge in [0.15, 0.2) is 5.78 Å². The molecule has 0 saturated heterocycles. The Balaban J connectivity index is 0.799. The van der Waals surface area contributed by atoms with Crippen LogP contribution in [0.2, 0.25) is 0 Å². The topological polar surface area (TPSA) is 23.6 Å². The fourth-order valence-corrected chi connectivity index (χ4v) is 13.7. The molecule has 0 atom stereocenters. The molecule has 0 saturated carbocycles. The number of hydrogen-bond acceptors (Lipinski definition) is 3. The van der Waals surface area contributed by atoms with Crippen LogP contribution < -0.4 is 9.80 Å². The van der Waals surface area contributed by atoms with Gasteiger partial charge in [-0.1, -0.05) is 234 Å². The van der Waals surface area contributed by atoms with Gasteiger partial charge in [0.1, 0.15) is 0 Å². The monoisotopic (exact) mass is 1050 g/mol. The van der Waals surface area contributed by atoms with Gasteiger partial charge in [-0.15, -0.1) is 0 Å². The van der Waals surface area contributed by atoms with Crippen LogP contribution in [0.3, 0.4) is 0 Å². The Morgan fingerprint density at radius 2 is 0.512 bits per heavy atom. The Hall–Kier alpha value is -10.1. The normalized spacial score (nSPS) is 13.6. The van der Waals surface area contributed by atoms with Gasteiger partial charge in [-0.25, -0.2) is 0 Å². The Bertz CT molecular complexity index is 4190. The van der Waals surface area contributed by atoms with Crippen LogP contribution >= 0.6 is 0 Å². The lowest BCUT2D eigenvalue weighted by molar-refractivity contribution is 0.104. The second kappa shape index (κ2) is 19.0. The third kappa shape index (κ3) is 7.83. The van der Waals surface area contributed by atoms with E-state index in [0.717, 1.165) is 78.6 Å². The first-order chi connectivity index (χ1) is 40.1. The quantitative estimate of drug-likeness (QED) is 0.136. The summed E-state index contributed by atoms with van der Waals surface area (Å²) >= 11 is 0. The van der Waals surface area contributed by atoms with Crippen molar-refractivity contribution in [3.63, 3.8) is 0 Å². The highest BCUT2D eigenvalue weighted by atomic mass is 16.1. The van der Waals surface area contributed by atoms with E-state index in [0.29, 0.717) is 0 Å². The van der Waals surface area contributed by atoms with Crippen molar-refractivity contribution in [2.24, 2.45) is 0 Å². The van der Waals surface area contributed by atoms with Gasteiger partial charge in [-0.05, 0) is 162 Å². The number of fused-ring (bicyclic) bond motifs is 9. The molecular formula is C79H58N2O. The van der Waals surface area contributed by atoms with E-state index in [9.17, 15) is 4.79 Å². The molecular weight excluding hydrogens is 993 g/mol. The Morgan fingerprint density at radius 3 is 0.890 bits per heavy atom. The molecule has 0 N–H and O–H groups in total. The number of anilines is 6. The van der Waals surface area contributed by atoms with Gasteiger partial charge in [0.05, 0.1) is 0 Å². The lowest BCUT2D eigenvalue weighted by Gasteiger charge is -2.28. The predicted molar refractivity (Wildman–Crippen MR) is 342 cm³/mol. The summed E-state index contributed by atoms with van der Waals surface area (Å²) in [4.78, 5) is 19.3. The van der Waals surface area contributed by atoms with Crippen molar-refractivity contribution in [1.82, 2.24) is 0 Å². The second-order valence-corrected chi connectivity index (χ2v) is 23.2. The highest BCUT2D eigenvalue weighted by Crippen LogP contribution is 2.54. The minimum atomic E-state index is -0.151. The fraction of sp³-hybridized carbons (Fsp3) is 0.0759. The summed E-state index contributed by atoms with van der Waals surface area (Å²) in [7, 11) is 0. The zero-order valence-electron chi connectivity index (χ0n) is 46.4. The molecule has 0 aliphatic heterocycles. The van der Waals surface area contributed by atoms with Crippen LogP contribution in [-0.2, 0) is 10.8 Å². The third-order valence-corrected chi connectivity index (χ3v) is 17.9. The number of carbonyl (C=O) groups is 1. The lowest BCUT2D eigenvalue weighted by atomic mass is 9.82. The van der Waals surface area contributed by atoms with Gasteiger partial charge >= 0.3 is 0 Å². The number of nitrogens with zero attached hydrogens (tertiary/aromatic N) is 2. The molecule has 0 amide bonds. The van der Waals surface area contributed by atoms with E-state index in [1.807, 2.05) is 24.3 Å². The smallest absolute Gasteiger partial charge is 0.194 e. The Kier molecular flexibility index (Phi) is 11.4. The van der Waals surface area contributed by atoms with Gasteiger partial charge in [0.25, 0.3) is 0 Å². The SMILES string of the molecule is CC1(C)c2ccccc2-c2ccc(N(c3ccc(-c4ccccc4)cc3)c3ccc(-c4cccc5c4-c4c(cccc4-c4ccc(N(c6ccc(-c7ccccc7)cc6)c6ccc7c(c6)C(C)(C)c6ccccc6-7)cc4)C5=O)cc3)cc21. The van der Waals surface area contributed by atoms with E-state index in [1.165, 1.54) is 66.8 Å². The van der Waals surface area contributed by atoms with Crippen molar-refractivity contribution >= 4 is 39.9 Å². The highest BCUT2D eigenvalue weighted by Gasteiger charge is 2.38. The molecule has 3 aliphatic rings. The molecule has 0 radical (unpaired) electrons. The molecule has 0 unspecified atom stereocenters. The Labute approximate surface area is 480 Å². The van der Waals surface area contributed by atoms with Crippen LogP contribution in [0.1, 0.15) is 65.9 Å². The van der Waals surface area contributed by atoms with Gasteiger partial charge in [-0.3, -0.25) is 4.79 Å². The summed E-state index contributed by atoms with van der Waals surface area (Å²) < 4.78 is 0. The first kappa shape index (κ1) is 49.0. The standard InChI is InChI=1S/C79H58N2O/c1-78(2)71-27-13-11-21-65(71)67-47-45-61(49-73(67)78)80(57-37-29-53(30-38-57)51-17-7-5-8-18-51)59-41-33-55(34-42-59)63-23-15-25-69-75(63)76-64(24-16-26-70(76)77(69)82)56-35-43-60(44-36-56)81(58-39-31-54(32-40-58)52-19-9-6-10-20-52)62-46-48-68-66-22-12-14-28-72(66)79(3,4)74(68)50-62/h5-50H,1-4H3. The summed E-state index contributed by atoms with van der Waals surface area (Å²) in [6.07, 6.45) is 0. The average molecular weight is 1050 g/mol. The van der Waals surface area contributed by atoms with Crippen LogP contribution in [0.15, 0.2) is 279 Å². The molecule has 12 aromatic rings. The molecule has 0 bridgehead atoms. The zero-order chi connectivity index (χ0) is 55.3. The number of hydrogen-bond donors (Lipinski definition) is 0. The molecule has 3 heteroatoms. The first-order valence-electron chi connectivity index (χ1n) is 28.5. The average Bonchev–Trinajstić information content (AvgIpc) is 4.19. The van der Waals surface area contributed by atoms with Crippen molar-refractivity contribution in [1.29, 1.82) is 0 Å². The van der Waals surface area contributed by atoms with Crippen molar-refractivity contribution in [3.05, 3.63) is 312 Å². The van der Waals surface area contributed by atoms with Crippen LogP contribution in [0.25, 0.3) is 77.9 Å². The lowest BCUT2D eigenvalue weighted by Crippen LogP contribution is -2.16. The maximum Gasteiger partial charge on any atom is 0.194 e. The fourth-order valence-electron chi connectivity index (χ4n) is 13.7. The second-order valence-electron chi connectivity index (χ2n) is 23.2. The minimum absolute atomic E-state index is 0.0561. The number of ketones is 1. The maximum absolute atomic E-state index is 14.6. The number of rotatable bonds is 10. The van der Waals surface area contributed by atoms with Crippen molar-refractivity contribution < 1.29 is 4.79 Å². The van der Waals surface area contributed by atoms with E-state index in [4.69, 9.17) is 0 Å². The van der Waals surface area contributed by atoms with Gasteiger partial charge in [0.2, 0.25) is 0 Å². The predicted octanol–water partition coefficient (Wildman–Crippen LogP) is 21.1. The van der Waals surface area contributed by atoms with E-state index < -0.39 is 0 Å². The molecule has 3 aliphatic carbocycles. The van der Waals surface area contributed by atoms with E-state index >= 15 is 0 Å². The molecule has 3 nitrogen and oxygen atoms in total. The number of carbonyl (C=O) groups excluding carboxylic acids is 1. The zero-order valence-corrected chi connectivity index (χ0v) is 46.4. The summed E-state index contributed by atoms with van der Waals surface area (Å²) in [5, 5.41) is 0. The molecule has 15 rings (SSSR count). The van der Waals surface area contributed by atoms with Gasteiger partial charge in [-0.2, -0.15) is 0 Å². The van der Waals surface area contributed by atoms with Crippen molar-refractivity contribution in [2.45, 2.75) is 38.5 Å². The highest BCUT2D eigenvalue weighted by molar-refractivity contribution is 6.26. The molecule has 0 aromatic heterocycles. The van der Waals surface area contributed by atoms with E-state index in [2.05, 4.69) is 292 Å². The van der Waals surface area contributed by atoms with Crippen LogP contribution in [0.4, 0.5) is 34.1 Å². The van der Waals surface area contributed by atoms with Crippen molar-refractivity contribution in [2.75, 3.05) is 9.80 Å². The molecule has 12 aromatic carbocycles. The summed E-state index contributed by atoms with van der Waals surface area (Å²) in [6, 6.07) is 101. The maximum atomic E-state index is 14.6. The van der Waals surface area contributed by atoms with E-state index in [-0.39, 0.29) is 16.6 Å². The first-order valence-corrected chi connectivity index (χ1v) is 28.5. The van der Waals surface area contributed by atoms with Gasteiger partial charge in [0, 0.05) is 67.2 Å². The summed E-state index contributed by atoms with van der Waals surface area (Å²) in [5.41, 5.74) is 29.0.